The van der Waals surface area contributed by atoms with Crippen molar-refractivity contribution in [2.24, 2.45) is 0 Å². The topological polar surface area (TPSA) is 84.6 Å². The molecule has 1 aliphatic heterocycles. The lowest BCUT2D eigenvalue weighted by molar-refractivity contribution is 0.0240. The SMILES string of the molecule is CC(C)(C)OC(=O)N1CCN(c2nc(N)nc3c2CCCc2ccccc2-3)CC1. The molecular formula is C22H29N5O2. The molecule has 1 saturated heterocycles. The lowest BCUT2D eigenvalue weighted by atomic mass is 10.0. The summed E-state index contributed by atoms with van der Waals surface area (Å²) in [6.07, 6.45) is 2.75. The van der Waals surface area contributed by atoms with Crippen LogP contribution in [0.3, 0.4) is 0 Å². The number of carbonyl (C=O) groups excluding carboxylic acids is 1. The average molecular weight is 396 g/mol. The fraction of sp³-hybridized carbons (Fsp3) is 0.500. The third-order valence-corrected chi connectivity index (χ3v) is 5.38. The van der Waals surface area contributed by atoms with Crippen molar-refractivity contribution >= 4 is 17.9 Å². The van der Waals surface area contributed by atoms with E-state index in [1.54, 1.807) is 4.90 Å². The second-order valence-electron chi connectivity index (χ2n) is 8.70. The van der Waals surface area contributed by atoms with Crippen molar-refractivity contribution in [3.05, 3.63) is 35.4 Å². The van der Waals surface area contributed by atoms with Crippen LogP contribution in [-0.4, -0.2) is 52.7 Å². The van der Waals surface area contributed by atoms with Gasteiger partial charge in [-0.2, -0.15) is 4.98 Å². The van der Waals surface area contributed by atoms with Crippen molar-refractivity contribution in [1.82, 2.24) is 14.9 Å². The van der Waals surface area contributed by atoms with E-state index in [9.17, 15) is 4.79 Å². The highest BCUT2D eigenvalue weighted by molar-refractivity contribution is 5.74. The predicted molar refractivity (Wildman–Crippen MR) is 114 cm³/mol. The second-order valence-corrected chi connectivity index (χ2v) is 8.70. The number of carbonyl (C=O) groups is 1. The van der Waals surface area contributed by atoms with E-state index in [-0.39, 0.29) is 6.09 Å². The van der Waals surface area contributed by atoms with Gasteiger partial charge in [0.2, 0.25) is 5.95 Å². The molecule has 29 heavy (non-hydrogen) atoms. The molecule has 1 fully saturated rings. The van der Waals surface area contributed by atoms with Gasteiger partial charge in [-0.05, 0) is 45.6 Å². The van der Waals surface area contributed by atoms with E-state index in [2.05, 4.69) is 33.1 Å². The Bertz CT molecular complexity index is 914. The van der Waals surface area contributed by atoms with Crippen molar-refractivity contribution in [2.75, 3.05) is 36.8 Å². The lowest BCUT2D eigenvalue weighted by Gasteiger charge is -2.37. The second kappa shape index (κ2) is 7.54. The van der Waals surface area contributed by atoms with Gasteiger partial charge in [-0.25, -0.2) is 9.78 Å². The summed E-state index contributed by atoms with van der Waals surface area (Å²) in [5.74, 6) is 1.21. The van der Waals surface area contributed by atoms with Crippen LogP contribution in [-0.2, 0) is 17.6 Å². The van der Waals surface area contributed by atoms with E-state index < -0.39 is 5.60 Å². The summed E-state index contributed by atoms with van der Waals surface area (Å²) >= 11 is 0. The summed E-state index contributed by atoms with van der Waals surface area (Å²) in [7, 11) is 0. The van der Waals surface area contributed by atoms with E-state index >= 15 is 0 Å². The molecular weight excluding hydrogens is 366 g/mol. The molecule has 7 nitrogen and oxygen atoms in total. The van der Waals surface area contributed by atoms with Gasteiger partial charge >= 0.3 is 6.09 Å². The van der Waals surface area contributed by atoms with E-state index in [0.717, 1.165) is 41.9 Å². The summed E-state index contributed by atoms with van der Waals surface area (Å²) in [6.45, 7) is 8.26. The highest BCUT2D eigenvalue weighted by Crippen LogP contribution is 2.36. The minimum Gasteiger partial charge on any atom is -0.444 e. The van der Waals surface area contributed by atoms with Crippen LogP contribution >= 0.6 is 0 Å². The number of aromatic nitrogens is 2. The number of nitrogens with zero attached hydrogens (tertiary/aromatic N) is 4. The molecule has 2 N–H and O–H groups in total. The largest absolute Gasteiger partial charge is 0.444 e. The number of hydrogen-bond acceptors (Lipinski definition) is 6. The first-order valence-corrected chi connectivity index (χ1v) is 10.3. The van der Waals surface area contributed by atoms with Gasteiger partial charge in [0.15, 0.2) is 0 Å². The molecule has 154 valence electrons. The Labute approximate surface area is 171 Å². The van der Waals surface area contributed by atoms with Gasteiger partial charge in [-0.1, -0.05) is 24.3 Å². The molecule has 0 spiro atoms. The van der Waals surface area contributed by atoms with Crippen molar-refractivity contribution in [3.8, 4) is 11.3 Å². The molecule has 0 radical (unpaired) electrons. The predicted octanol–water partition coefficient (Wildman–Crippen LogP) is 3.27. The van der Waals surface area contributed by atoms with E-state index in [1.807, 2.05) is 26.8 Å². The number of ether oxygens (including phenoxy) is 1. The van der Waals surface area contributed by atoms with Crippen LogP contribution < -0.4 is 10.6 Å². The maximum atomic E-state index is 12.4. The van der Waals surface area contributed by atoms with Gasteiger partial charge in [0, 0.05) is 37.3 Å². The number of anilines is 2. The molecule has 0 saturated carbocycles. The molecule has 1 aromatic carbocycles. The normalized spacial score (nSPS) is 16.7. The first-order chi connectivity index (χ1) is 13.8. The Kier molecular flexibility index (Phi) is 5.06. The number of amides is 1. The van der Waals surface area contributed by atoms with Gasteiger partial charge in [-0.15, -0.1) is 0 Å². The number of hydrogen-bond donors (Lipinski definition) is 1. The first-order valence-electron chi connectivity index (χ1n) is 10.3. The molecule has 0 atom stereocenters. The number of nitrogen functional groups attached to an aromatic ring is 1. The van der Waals surface area contributed by atoms with Crippen molar-refractivity contribution in [2.45, 2.75) is 45.6 Å². The van der Waals surface area contributed by atoms with Gasteiger partial charge in [-0.3, -0.25) is 0 Å². The fourth-order valence-corrected chi connectivity index (χ4v) is 4.06. The highest BCUT2D eigenvalue weighted by atomic mass is 16.6. The molecule has 1 aliphatic carbocycles. The molecule has 0 unspecified atom stereocenters. The summed E-state index contributed by atoms with van der Waals surface area (Å²) in [6, 6.07) is 8.41. The smallest absolute Gasteiger partial charge is 0.410 e. The Hall–Kier alpha value is -2.83. The molecule has 2 aliphatic rings. The van der Waals surface area contributed by atoms with Crippen LogP contribution in [0.5, 0.6) is 0 Å². The third kappa shape index (κ3) is 4.13. The standard InChI is InChI=1S/C22H29N5O2/c1-22(2,3)29-21(28)27-13-11-26(12-14-27)19-17-10-6-8-15-7-4-5-9-16(15)18(17)24-20(23)25-19/h4-5,7,9H,6,8,10-14H2,1-3H3,(H2,23,24,25). The molecule has 0 bridgehead atoms. The van der Waals surface area contributed by atoms with Gasteiger partial charge in [0.1, 0.15) is 11.4 Å². The van der Waals surface area contributed by atoms with E-state index in [1.165, 1.54) is 5.56 Å². The molecule has 7 heteroatoms. The maximum absolute atomic E-state index is 12.4. The third-order valence-electron chi connectivity index (χ3n) is 5.38. The maximum Gasteiger partial charge on any atom is 0.410 e. The summed E-state index contributed by atoms with van der Waals surface area (Å²) in [5.41, 5.74) is 10.2. The summed E-state index contributed by atoms with van der Waals surface area (Å²) in [4.78, 5) is 25.6. The number of aryl methyl sites for hydroxylation is 1. The molecule has 2 aromatic rings. The van der Waals surface area contributed by atoms with Gasteiger partial charge in [0.05, 0.1) is 5.69 Å². The van der Waals surface area contributed by atoms with Crippen molar-refractivity contribution in [3.63, 3.8) is 0 Å². The molecule has 1 aromatic heterocycles. The first kappa shape index (κ1) is 19.5. The zero-order valence-corrected chi connectivity index (χ0v) is 17.4. The minimum absolute atomic E-state index is 0.257. The molecule has 4 rings (SSSR count). The van der Waals surface area contributed by atoms with E-state index in [0.29, 0.717) is 32.1 Å². The fourth-order valence-electron chi connectivity index (χ4n) is 4.06. The summed E-state index contributed by atoms with van der Waals surface area (Å²) in [5, 5.41) is 0. The van der Waals surface area contributed by atoms with Crippen LogP contribution in [0.2, 0.25) is 0 Å². The number of nitrogens with two attached hydrogens (primary N) is 1. The highest BCUT2D eigenvalue weighted by Gasteiger charge is 2.29. The number of piperazine rings is 1. The summed E-state index contributed by atoms with van der Waals surface area (Å²) < 4.78 is 5.51. The van der Waals surface area contributed by atoms with Crippen LogP contribution in [0, 0.1) is 0 Å². The number of fused-ring (bicyclic) bond motifs is 3. The minimum atomic E-state index is -0.486. The lowest BCUT2D eigenvalue weighted by Crippen LogP contribution is -2.50. The Morgan fingerprint density at radius 3 is 2.52 bits per heavy atom. The van der Waals surface area contributed by atoms with Crippen molar-refractivity contribution < 1.29 is 9.53 Å². The van der Waals surface area contributed by atoms with Gasteiger partial charge < -0.3 is 20.3 Å². The molecule has 2 heterocycles. The average Bonchev–Trinajstić information content (AvgIpc) is 2.86. The van der Waals surface area contributed by atoms with Crippen LogP contribution in [0.15, 0.2) is 24.3 Å². The van der Waals surface area contributed by atoms with Crippen molar-refractivity contribution in [1.29, 1.82) is 0 Å². The number of rotatable bonds is 1. The zero-order valence-electron chi connectivity index (χ0n) is 17.4. The molecule has 1 amide bonds. The van der Waals surface area contributed by atoms with Gasteiger partial charge in [0.25, 0.3) is 0 Å². The van der Waals surface area contributed by atoms with Crippen LogP contribution in [0.4, 0.5) is 16.6 Å². The van der Waals surface area contributed by atoms with E-state index in [4.69, 9.17) is 10.5 Å². The van der Waals surface area contributed by atoms with Crippen LogP contribution in [0.25, 0.3) is 11.3 Å². The Morgan fingerprint density at radius 1 is 1.07 bits per heavy atom. The monoisotopic (exact) mass is 395 g/mol. The van der Waals surface area contributed by atoms with Crippen LogP contribution in [0.1, 0.15) is 38.3 Å². The Balaban J connectivity index is 1.59. The number of benzene rings is 1. The quantitative estimate of drug-likeness (QED) is 0.798. The Morgan fingerprint density at radius 2 is 1.79 bits per heavy atom. The zero-order chi connectivity index (χ0) is 20.6.